The Morgan fingerprint density at radius 3 is 2.66 bits per heavy atom. The summed E-state index contributed by atoms with van der Waals surface area (Å²) in [6.07, 6.45) is -4.42. The number of carbonyl (C=O) groups is 3. The minimum Gasteiger partial charge on any atom is -0.366 e. The molecular weight excluding hydrogens is 469 g/mol. The molecule has 0 spiro atoms. The highest BCUT2D eigenvalue weighted by atomic mass is 19.4. The summed E-state index contributed by atoms with van der Waals surface area (Å²) in [7, 11) is 0. The van der Waals surface area contributed by atoms with E-state index in [4.69, 9.17) is 10.5 Å². The molecule has 0 aliphatic carbocycles. The summed E-state index contributed by atoms with van der Waals surface area (Å²) in [5.74, 6) is -2.75. The van der Waals surface area contributed by atoms with E-state index in [2.05, 4.69) is 5.32 Å². The Kier molecular flexibility index (Phi) is 7.07. The molecule has 3 atom stereocenters. The van der Waals surface area contributed by atoms with Gasteiger partial charge in [0, 0.05) is 55.7 Å². The zero-order valence-corrected chi connectivity index (χ0v) is 19.1. The number of hydrogen-bond acceptors (Lipinski definition) is 7. The van der Waals surface area contributed by atoms with E-state index in [1.165, 1.54) is 4.90 Å². The Morgan fingerprint density at radius 1 is 1.26 bits per heavy atom. The van der Waals surface area contributed by atoms with Crippen molar-refractivity contribution in [2.75, 3.05) is 24.6 Å². The lowest BCUT2D eigenvalue weighted by Crippen LogP contribution is -2.52. The molecule has 35 heavy (non-hydrogen) atoms. The molecule has 3 amide bonds. The maximum Gasteiger partial charge on any atom is 0.389 e. The molecule has 192 valence electrons. The molecule has 4 N–H and O–H groups in total. The number of benzene rings is 1. The van der Waals surface area contributed by atoms with Crippen molar-refractivity contribution in [3.8, 4) is 0 Å². The van der Waals surface area contributed by atoms with Crippen molar-refractivity contribution >= 4 is 23.4 Å². The molecule has 12 heteroatoms. The van der Waals surface area contributed by atoms with Crippen LogP contribution in [0.25, 0.3) is 0 Å². The maximum atomic E-state index is 13.2. The number of rotatable bonds is 7. The first kappa shape index (κ1) is 25.4. The van der Waals surface area contributed by atoms with Gasteiger partial charge < -0.3 is 25.4 Å². The molecule has 3 aliphatic heterocycles. The van der Waals surface area contributed by atoms with Crippen LogP contribution in [0.1, 0.15) is 54.4 Å². The van der Waals surface area contributed by atoms with Gasteiger partial charge in [0.1, 0.15) is 6.04 Å². The SMILES string of the molecule is NC[C@@]1(O)CC[C@@H](N(CCCC(F)(F)F)c2cccc3c2CN(C2CCC(=O)NC2=O)C3=O)CO1. The van der Waals surface area contributed by atoms with Gasteiger partial charge in [0.25, 0.3) is 5.91 Å². The number of nitrogens with one attached hydrogen (secondary N) is 1. The maximum absolute atomic E-state index is 13.2. The molecule has 1 aromatic carbocycles. The van der Waals surface area contributed by atoms with Crippen molar-refractivity contribution in [2.45, 2.75) is 69.1 Å². The number of hydrogen-bond donors (Lipinski definition) is 3. The summed E-state index contributed by atoms with van der Waals surface area (Å²) in [4.78, 5) is 40.3. The Labute approximate surface area is 200 Å². The molecule has 0 bridgehead atoms. The number of halogens is 3. The molecule has 4 rings (SSSR count). The summed E-state index contributed by atoms with van der Waals surface area (Å²) in [6.45, 7) is 0.141. The van der Waals surface area contributed by atoms with Crippen molar-refractivity contribution in [3.05, 3.63) is 29.3 Å². The Hall–Kier alpha value is -2.70. The smallest absolute Gasteiger partial charge is 0.366 e. The van der Waals surface area contributed by atoms with E-state index < -0.39 is 30.3 Å². The van der Waals surface area contributed by atoms with E-state index in [0.717, 1.165) is 0 Å². The van der Waals surface area contributed by atoms with Gasteiger partial charge in [-0.25, -0.2) is 0 Å². The van der Waals surface area contributed by atoms with Crippen LogP contribution in [-0.2, 0) is 20.9 Å². The topological polar surface area (TPSA) is 125 Å². The monoisotopic (exact) mass is 498 g/mol. The molecule has 0 radical (unpaired) electrons. The Bertz CT molecular complexity index is 994. The first-order valence-electron chi connectivity index (χ1n) is 11.7. The van der Waals surface area contributed by atoms with E-state index in [1.807, 2.05) is 4.90 Å². The van der Waals surface area contributed by atoms with Gasteiger partial charge in [-0.2, -0.15) is 13.2 Å². The van der Waals surface area contributed by atoms with Gasteiger partial charge in [-0.15, -0.1) is 0 Å². The molecular formula is C23H29F3N4O5. The molecule has 9 nitrogen and oxygen atoms in total. The van der Waals surface area contributed by atoms with Crippen molar-refractivity contribution in [1.82, 2.24) is 10.2 Å². The van der Waals surface area contributed by atoms with E-state index >= 15 is 0 Å². The number of fused-ring (bicyclic) bond motifs is 1. The molecule has 3 aliphatic rings. The van der Waals surface area contributed by atoms with E-state index in [9.17, 15) is 32.7 Å². The zero-order valence-electron chi connectivity index (χ0n) is 19.1. The fourth-order valence-corrected chi connectivity index (χ4v) is 4.99. The third kappa shape index (κ3) is 5.44. The predicted molar refractivity (Wildman–Crippen MR) is 118 cm³/mol. The number of amides is 3. The van der Waals surface area contributed by atoms with Crippen LogP contribution in [0.15, 0.2) is 18.2 Å². The minimum atomic E-state index is -4.30. The van der Waals surface area contributed by atoms with Crippen LogP contribution in [0, 0.1) is 0 Å². The molecule has 2 fully saturated rings. The van der Waals surface area contributed by atoms with Crippen molar-refractivity contribution < 1.29 is 37.4 Å². The summed E-state index contributed by atoms with van der Waals surface area (Å²) >= 11 is 0. The van der Waals surface area contributed by atoms with Gasteiger partial charge >= 0.3 is 6.18 Å². The van der Waals surface area contributed by atoms with Crippen LogP contribution in [0.4, 0.5) is 18.9 Å². The number of aliphatic hydroxyl groups is 1. The third-order valence-electron chi connectivity index (χ3n) is 6.90. The lowest BCUT2D eigenvalue weighted by atomic mass is 9.98. The van der Waals surface area contributed by atoms with E-state index in [1.54, 1.807) is 18.2 Å². The fraction of sp³-hybridized carbons (Fsp3) is 0.609. The highest BCUT2D eigenvalue weighted by Crippen LogP contribution is 2.37. The highest BCUT2D eigenvalue weighted by Gasteiger charge is 2.42. The molecule has 1 unspecified atom stereocenters. The van der Waals surface area contributed by atoms with Crippen LogP contribution in [0.5, 0.6) is 0 Å². The van der Waals surface area contributed by atoms with Crippen LogP contribution in [-0.4, -0.2) is 71.5 Å². The standard InChI is InChI=1S/C23H29F3N4O5/c24-23(25,26)8-2-10-29(14-7-9-22(34,13-27)35-12-14)17-4-1-3-15-16(17)11-30(21(15)33)18-5-6-19(31)28-20(18)32/h1,3-4,14,18,34H,2,5-13,27H2,(H,28,31,32)/t14-,18?,22-/m1/s1. The van der Waals surface area contributed by atoms with Gasteiger partial charge in [0.2, 0.25) is 11.8 Å². The quantitative estimate of drug-likeness (QED) is 0.486. The predicted octanol–water partition coefficient (Wildman–Crippen LogP) is 1.42. The number of ether oxygens (including phenoxy) is 1. The van der Waals surface area contributed by atoms with Gasteiger partial charge in [-0.3, -0.25) is 19.7 Å². The van der Waals surface area contributed by atoms with Crippen molar-refractivity contribution in [3.63, 3.8) is 0 Å². The minimum absolute atomic E-state index is 0.0637. The van der Waals surface area contributed by atoms with Crippen LogP contribution in [0.3, 0.4) is 0 Å². The lowest BCUT2D eigenvalue weighted by Gasteiger charge is -2.42. The Balaban J connectivity index is 1.60. The van der Waals surface area contributed by atoms with E-state index in [0.29, 0.717) is 23.2 Å². The normalized spacial score (nSPS) is 27.1. The summed E-state index contributed by atoms with van der Waals surface area (Å²) in [5.41, 5.74) is 7.18. The zero-order chi connectivity index (χ0) is 25.4. The highest BCUT2D eigenvalue weighted by molar-refractivity contribution is 6.06. The van der Waals surface area contributed by atoms with Gasteiger partial charge in [0.15, 0.2) is 5.79 Å². The average molecular weight is 499 g/mol. The van der Waals surface area contributed by atoms with E-state index in [-0.39, 0.29) is 69.8 Å². The lowest BCUT2D eigenvalue weighted by molar-refractivity contribution is -0.220. The first-order chi connectivity index (χ1) is 16.5. The van der Waals surface area contributed by atoms with Gasteiger partial charge in [-0.1, -0.05) is 6.07 Å². The number of imide groups is 1. The summed E-state index contributed by atoms with van der Waals surface area (Å²) < 4.78 is 44.2. The van der Waals surface area contributed by atoms with Crippen LogP contribution >= 0.6 is 0 Å². The number of nitrogens with two attached hydrogens (primary N) is 1. The molecule has 2 saturated heterocycles. The fourth-order valence-electron chi connectivity index (χ4n) is 4.99. The van der Waals surface area contributed by atoms with Crippen molar-refractivity contribution in [2.24, 2.45) is 5.73 Å². The second kappa shape index (κ2) is 9.75. The largest absolute Gasteiger partial charge is 0.389 e. The molecule has 0 saturated carbocycles. The van der Waals surface area contributed by atoms with Crippen LogP contribution < -0.4 is 16.0 Å². The molecule has 0 aromatic heterocycles. The van der Waals surface area contributed by atoms with Gasteiger partial charge in [0.05, 0.1) is 12.6 Å². The molecule has 1 aromatic rings. The average Bonchev–Trinajstić information content (AvgIpc) is 3.13. The second-order valence-corrected chi connectivity index (χ2v) is 9.27. The Morgan fingerprint density at radius 2 is 2.03 bits per heavy atom. The molecule has 3 heterocycles. The first-order valence-corrected chi connectivity index (χ1v) is 11.7. The number of alkyl halides is 3. The second-order valence-electron chi connectivity index (χ2n) is 9.27. The number of piperidine rings is 1. The summed E-state index contributed by atoms with van der Waals surface area (Å²) in [5, 5.41) is 12.6. The van der Waals surface area contributed by atoms with Gasteiger partial charge in [-0.05, 0) is 31.4 Å². The third-order valence-corrected chi connectivity index (χ3v) is 6.90. The van der Waals surface area contributed by atoms with Crippen LogP contribution in [0.2, 0.25) is 0 Å². The number of carbonyl (C=O) groups excluding carboxylic acids is 3. The number of anilines is 1. The summed E-state index contributed by atoms with van der Waals surface area (Å²) in [6, 6.07) is 3.91. The number of nitrogens with zero attached hydrogens (tertiary/aromatic N) is 2. The van der Waals surface area contributed by atoms with Crippen molar-refractivity contribution in [1.29, 1.82) is 0 Å².